The van der Waals surface area contributed by atoms with Crippen molar-refractivity contribution in [3.05, 3.63) is 28.8 Å². The van der Waals surface area contributed by atoms with Gasteiger partial charge in [0.25, 0.3) is 0 Å². The fraction of sp³-hybridized carbons (Fsp3) is 0.364. The van der Waals surface area contributed by atoms with Crippen LogP contribution in [0.3, 0.4) is 0 Å². The minimum Gasteiger partial charge on any atom is -0.320 e. The highest BCUT2D eigenvalue weighted by Gasteiger charge is 2.30. The summed E-state index contributed by atoms with van der Waals surface area (Å²) in [6, 6.07) is 5.29. The number of carbonyl (C=O) groups is 1. The van der Waals surface area contributed by atoms with E-state index in [0.717, 1.165) is 11.3 Å². The Labute approximate surface area is 93.8 Å². The van der Waals surface area contributed by atoms with Crippen LogP contribution in [0.15, 0.2) is 18.2 Å². The maximum absolute atomic E-state index is 11.7. The van der Waals surface area contributed by atoms with Gasteiger partial charge in [-0.05, 0) is 31.0 Å². The lowest BCUT2D eigenvalue weighted by Crippen LogP contribution is -2.34. The lowest BCUT2D eigenvalue weighted by molar-refractivity contribution is -0.118. The van der Waals surface area contributed by atoms with Crippen molar-refractivity contribution in [2.75, 3.05) is 11.4 Å². The molecule has 0 radical (unpaired) electrons. The normalized spacial score (nSPS) is 21.1. The van der Waals surface area contributed by atoms with Crippen molar-refractivity contribution in [1.82, 2.24) is 0 Å². The van der Waals surface area contributed by atoms with Gasteiger partial charge in [0.05, 0.1) is 16.8 Å². The summed E-state index contributed by atoms with van der Waals surface area (Å²) in [4.78, 5) is 13.3. The van der Waals surface area contributed by atoms with E-state index in [1.165, 1.54) is 0 Å². The van der Waals surface area contributed by atoms with Gasteiger partial charge < -0.3 is 10.6 Å². The molecule has 1 aromatic carbocycles. The Hall–Kier alpha value is -1.06. The fourth-order valence-corrected chi connectivity index (χ4v) is 2.11. The molecule has 1 amide bonds. The highest BCUT2D eigenvalue weighted by molar-refractivity contribution is 6.34. The zero-order valence-corrected chi connectivity index (χ0v) is 9.29. The van der Waals surface area contributed by atoms with Gasteiger partial charge in [-0.15, -0.1) is 0 Å². The van der Waals surface area contributed by atoms with Crippen LogP contribution in [0.4, 0.5) is 5.69 Å². The predicted octanol–water partition coefficient (Wildman–Crippen LogP) is 1.71. The van der Waals surface area contributed by atoms with Crippen molar-refractivity contribution in [2.24, 2.45) is 5.73 Å². The maximum atomic E-state index is 11.7. The van der Waals surface area contributed by atoms with Crippen LogP contribution in [0, 0.1) is 6.92 Å². The van der Waals surface area contributed by atoms with E-state index in [0.29, 0.717) is 18.0 Å². The highest BCUT2D eigenvalue weighted by atomic mass is 35.5. The molecule has 1 fully saturated rings. The molecule has 0 saturated carbocycles. The Morgan fingerprint density at radius 1 is 1.53 bits per heavy atom. The second-order valence-corrected chi connectivity index (χ2v) is 4.25. The first kappa shape index (κ1) is 10.5. The van der Waals surface area contributed by atoms with Gasteiger partial charge in [0.15, 0.2) is 0 Å². The molecular weight excluding hydrogens is 212 g/mol. The predicted molar refractivity (Wildman–Crippen MR) is 61.1 cm³/mol. The Balaban J connectivity index is 2.34. The summed E-state index contributed by atoms with van der Waals surface area (Å²) in [5, 5.41) is 0.609. The molecule has 3 nitrogen and oxygen atoms in total. The molecule has 4 heteroatoms. The average Bonchev–Trinajstić information content (AvgIpc) is 2.49. The minimum absolute atomic E-state index is 0.0410. The highest BCUT2D eigenvalue weighted by Crippen LogP contribution is 2.29. The van der Waals surface area contributed by atoms with Gasteiger partial charge in [-0.25, -0.2) is 0 Å². The number of benzene rings is 1. The van der Waals surface area contributed by atoms with E-state index in [-0.39, 0.29) is 11.9 Å². The summed E-state index contributed by atoms with van der Waals surface area (Å²) in [5.74, 6) is -0.0410. The fourth-order valence-electron chi connectivity index (χ4n) is 1.77. The monoisotopic (exact) mass is 224 g/mol. The molecule has 80 valence electrons. The summed E-state index contributed by atoms with van der Waals surface area (Å²) >= 11 is 6.09. The van der Waals surface area contributed by atoms with Crippen LogP contribution in [-0.4, -0.2) is 18.5 Å². The zero-order valence-electron chi connectivity index (χ0n) is 8.53. The number of aryl methyl sites for hydroxylation is 1. The summed E-state index contributed by atoms with van der Waals surface area (Å²) in [7, 11) is 0. The largest absolute Gasteiger partial charge is 0.320 e. The Morgan fingerprint density at radius 3 is 2.80 bits per heavy atom. The SMILES string of the molecule is Cc1ccc(N2CCC(N)C2=O)c(Cl)c1. The number of hydrogen-bond acceptors (Lipinski definition) is 2. The molecule has 2 rings (SSSR count). The first-order valence-corrected chi connectivity index (χ1v) is 5.30. The van der Waals surface area contributed by atoms with Crippen molar-refractivity contribution >= 4 is 23.2 Å². The molecule has 0 aliphatic carbocycles. The number of anilines is 1. The summed E-state index contributed by atoms with van der Waals surface area (Å²) in [5.41, 5.74) is 7.50. The molecule has 0 bridgehead atoms. The van der Waals surface area contributed by atoms with Crippen LogP contribution in [0.1, 0.15) is 12.0 Å². The van der Waals surface area contributed by atoms with E-state index in [1.807, 2.05) is 25.1 Å². The molecule has 1 saturated heterocycles. The number of halogens is 1. The quantitative estimate of drug-likeness (QED) is 0.790. The van der Waals surface area contributed by atoms with Crippen molar-refractivity contribution in [3.63, 3.8) is 0 Å². The topological polar surface area (TPSA) is 46.3 Å². The van der Waals surface area contributed by atoms with Gasteiger partial charge in [-0.3, -0.25) is 4.79 Å². The van der Waals surface area contributed by atoms with Gasteiger partial charge in [-0.1, -0.05) is 17.7 Å². The lowest BCUT2D eigenvalue weighted by Gasteiger charge is -2.17. The van der Waals surface area contributed by atoms with Crippen LogP contribution < -0.4 is 10.6 Å². The molecule has 1 aliphatic rings. The van der Waals surface area contributed by atoms with Crippen molar-refractivity contribution in [1.29, 1.82) is 0 Å². The van der Waals surface area contributed by atoms with Gasteiger partial charge in [0.2, 0.25) is 5.91 Å². The molecule has 1 atom stereocenters. The van der Waals surface area contributed by atoms with Gasteiger partial charge in [0, 0.05) is 6.54 Å². The minimum atomic E-state index is -0.373. The Bertz CT molecular complexity index is 406. The number of amides is 1. The molecule has 1 heterocycles. The first-order valence-electron chi connectivity index (χ1n) is 4.92. The lowest BCUT2D eigenvalue weighted by atomic mass is 10.2. The number of rotatable bonds is 1. The molecule has 1 aromatic rings. The van der Waals surface area contributed by atoms with Crippen LogP contribution in [-0.2, 0) is 4.79 Å². The third-order valence-electron chi connectivity index (χ3n) is 2.64. The molecule has 0 aromatic heterocycles. The number of nitrogens with two attached hydrogens (primary N) is 1. The van der Waals surface area contributed by atoms with Crippen LogP contribution in [0.5, 0.6) is 0 Å². The van der Waals surface area contributed by atoms with E-state index in [1.54, 1.807) is 4.90 Å². The number of hydrogen-bond donors (Lipinski definition) is 1. The smallest absolute Gasteiger partial charge is 0.244 e. The summed E-state index contributed by atoms with van der Waals surface area (Å²) in [6.07, 6.45) is 0.697. The van der Waals surface area contributed by atoms with E-state index < -0.39 is 0 Å². The molecule has 2 N–H and O–H groups in total. The standard InChI is InChI=1S/C11H13ClN2O/c1-7-2-3-10(8(12)6-7)14-5-4-9(13)11(14)15/h2-3,6,9H,4-5,13H2,1H3. The third-order valence-corrected chi connectivity index (χ3v) is 2.94. The summed E-state index contributed by atoms with van der Waals surface area (Å²) in [6.45, 7) is 2.62. The Morgan fingerprint density at radius 2 is 2.27 bits per heavy atom. The van der Waals surface area contributed by atoms with Crippen molar-refractivity contribution < 1.29 is 4.79 Å². The molecule has 1 aliphatic heterocycles. The molecule has 15 heavy (non-hydrogen) atoms. The van der Waals surface area contributed by atoms with Crippen LogP contribution in [0.25, 0.3) is 0 Å². The van der Waals surface area contributed by atoms with E-state index in [2.05, 4.69) is 0 Å². The Kier molecular flexibility index (Phi) is 2.67. The summed E-state index contributed by atoms with van der Waals surface area (Å²) < 4.78 is 0. The second-order valence-electron chi connectivity index (χ2n) is 3.84. The van der Waals surface area contributed by atoms with Crippen molar-refractivity contribution in [3.8, 4) is 0 Å². The van der Waals surface area contributed by atoms with E-state index >= 15 is 0 Å². The average molecular weight is 225 g/mol. The van der Waals surface area contributed by atoms with Gasteiger partial charge in [-0.2, -0.15) is 0 Å². The van der Waals surface area contributed by atoms with E-state index in [4.69, 9.17) is 17.3 Å². The number of carbonyl (C=O) groups excluding carboxylic acids is 1. The number of nitrogens with zero attached hydrogens (tertiary/aromatic N) is 1. The van der Waals surface area contributed by atoms with Crippen LogP contribution in [0.2, 0.25) is 5.02 Å². The van der Waals surface area contributed by atoms with Gasteiger partial charge in [0.1, 0.15) is 0 Å². The molecular formula is C11H13ClN2O. The maximum Gasteiger partial charge on any atom is 0.244 e. The second kappa shape index (κ2) is 3.83. The van der Waals surface area contributed by atoms with Crippen LogP contribution >= 0.6 is 11.6 Å². The van der Waals surface area contributed by atoms with Crippen molar-refractivity contribution in [2.45, 2.75) is 19.4 Å². The first-order chi connectivity index (χ1) is 7.09. The molecule has 0 spiro atoms. The third kappa shape index (κ3) is 1.85. The van der Waals surface area contributed by atoms with E-state index in [9.17, 15) is 4.79 Å². The van der Waals surface area contributed by atoms with Gasteiger partial charge >= 0.3 is 0 Å². The molecule has 1 unspecified atom stereocenters. The zero-order chi connectivity index (χ0) is 11.0.